The molecular formula is C16H13ClFN3. The van der Waals surface area contributed by atoms with Crippen molar-refractivity contribution >= 4 is 17.3 Å². The second-order valence-electron chi connectivity index (χ2n) is 4.77. The van der Waals surface area contributed by atoms with Crippen LogP contribution in [0.3, 0.4) is 0 Å². The van der Waals surface area contributed by atoms with Gasteiger partial charge in [0.05, 0.1) is 12.2 Å². The predicted molar refractivity (Wildman–Crippen MR) is 82.6 cm³/mol. The fourth-order valence-electron chi connectivity index (χ4n) is 2.20. The summed E-state index contributed by atoms with van der Waals surface area (Å²) >= 11 is 5.98. The van der Waals surface area contributed by atoms with E-state index < -0.39 is 0 Å². The Kier molecular flexibility index (Phi) is 3.62. The third kappa shape index (κ3) is 3.06. The Morgan fingerprint density at radius 3 is 2.71 bits per heavy atom. The van der Waals surface area contributed by atoms with E-state index in [0.717, 1.165) is 11.1 Å². The number of hydrogen-bond donors (Lipinski definition) is 1. The minimum Gasteiger partial charge on any atom is -0.396 e. The van der Waals surface area contributed by atoms with E-state index in [1.54, 1.807) is 23.0 Å². The average molecular weight is 302 g/mol. The molecule has 0 aliphatic heterocycles. The number of aromatic nitrogens is 2. The number of rotatable bonds is 3. The molecule has 0 unspecified atom stereocenters. The molecule has 1 aromatic heterocycles. The monoisotopic (exact) mass is 301 g/mol. The number of anilines is 1. The average Bonchev–Trinajstić information content (AvgIpc) is 2.79. The Morgan fingerprint density at radius 1 is 1.14 bits per heavy atom. The van der Waals surface area contributed by atoms with Gasteiger partial charge in [-0.1, -0.05) is 35.9 Å². The minimum atomic E-state index is -0.261. The predicted octanol–water partition coefficient (Wildman–Crippen LogP) is 3.97. The van der Waals surface area contributed by atoms with Crippen molar-refractivity contribution in [2.24, 2.45) is 0 Å². The van der Waals surface area contributed by atoms with E-state index in [2.05, 4.69) is 5.10 Å². The van der Waals surface area contributed by atoms with Crippen molar-refractivity contribution in [2.75, 3.05) is 5.73 Å². The van der Waals surface area contributed by atoms with Crippen molar-refractivity contribution in [3.8, 4) is 11.3 Å². The Hall–Kier alpha value is -2.33. The van der Waals surface area contributed by atoms with E-state index in [1.807, 2.05) is 24.3 Å². The lowest BCUT2D eigenvalue weighted by Crippen LogP contribution is -2.00. The normalized spacial score (nSPS) is 10.8. The van der Waals surface area contributed by atoms with E-state index in [-0.39, 0.29) is 5.82 Å². The zero-order chi connectivity index (χ0) is 14.8. The van der Waals surface area contributed by atoms with E-state index in [1.165, 1.54) is 12.1 Å². The van der Waals surface area contributed by atoms with Gasteiger partial charge < -0.3 is 5.73 Å². The highest BCUT2D eigenvalue weighted by Crippen LogP contribution is 2.26. The van der Waals surface area contributed by atoms with Gasteiger partial charge in [0, 0.05) is 16.8 Å². The summed E-state index contributed by atoms with van der Waals surface area (Å²) in [4.78, 5) is 0. The highest BCUT2D eigenvalue weighted by atomic mass is 35.5. The van der Waals surface area contributed by atoms with Gasteiger partial charge in [-0.15, -0.1) is 0 Å². The lowest BCUT2D eigenvalue weighted by molar-refractivity contribution is 0.619. The van der Waals surface area contributed by atoms with Crippen LogP contribution in [0.15, 0.2) is 54.7 Å². The molecule has 0 spiro atoms. The number of hydrogen-bond acceptors (Lipinski definition) is 2. The summed E-state index contributed by atoms with van der Waals surface area (Å²) in [5, 5.41) is 5.09. The number of nitrogens with zero attached hydrogens (tertiary/aromatic N) is 2. The Bertz CT molecular complexity index is 783. The fourth-order valence-corrected chi connectivity index (χ4v) is 2.39. The SMILES string of the molecule is Nc1cn(Cc2cccc(F)c2)nc1-c1cccc(Cl)c1. The van der Waals surface area contributed by atoms with Gasteiger partial charge in [0.15, 0.2) is 0 Å². The molecule has 0 fully saturated rings. The summed E-state index contributed by atoms with van der Waals surface area (Å²) < 4.78 is 14.9. The second-order valence-corrected chi connectivity index (χ2v) is 5.21. The van der Waals surface area contributed by atoms with Crippen molar-refractivity contribution in [3.63, 3.8) is 0 Å². The van der Waals surface area contributed by atoms with Gasteiger partial charge in [0.2, 0.25) is 0 Å². The first kappa shape index (κ1) is 13.6. The summed E-state index contributed by atoms with van der Waals surface area (Å²) in [7, 11) is 0. The van der Waals surface area contributed by atoms with Gasteiger partial charge in [-0.25, -0.2) is 4.39 Å². The van der Waals surface area contributed by atoms with Gasteiger partial charge in [0.1, 0.15) is 11.5 Å². The topological polar surface area (TPSA) is 43.8 Å². The quantitative estimate of drug-likeness (QED) is 0.795. The maximum atomic E-state index is 13.2. The Balaban J connectivity index is 1.91. The summed E-state index contributed by atoms with van der Waals surface area (Å²) in [6.07, 6.45) is 1.74. The maximum absolute atomic E-state index is 13.2. The second kappa shape index (κ2) is 5.58. The first-order valence-electron chi connectivity index (χ1n) is 6.45. The maximum Gasteiger partial charge on any atom is 0.123 e. The molecule has 0 saturated heterocycles. The van der Waals surface area contributed by atoms with Crippen molar-refractivity contribution in [2.45, 2.75) is 6.54 Å². The van der Waals surface area contributed by atoms with Gasteiger partial charge in [-0.2, -0.15) is 5.10 Å². The summed E-state index contributed by atoms with van der Waals surface area (Å²) in [5.74, 6) is -0.261. The van der Waals surface area contributed by atoms with Gasteiger partial charge in [0.25, 0.3) is 0 Å². The number of benzene rings is 2. The lowest BCUT2D eigenvalue weighted by atomic mass is 10.1. The summed E-state index contributed by atoms with van der Waals surface area (Å²) in [6, 6.07) is 13.8. The van der Waals surface area contributed by atoms with Crippen LogP contribution in [0, 0.1) is 5.82 Å². The van der Waals surface area contributed by atoms with E-state index in [9.17, 15) is 4.39 Å². The molecule has 0 bridgehead atoms. The van der Waals surface area contributed by atoms with E-state index in [0.29, 0.717) is 22.9 Å². The van der Waals surface area contributed by atoms with Crippen LogP contribution in [0.1, 0.15) is 5.56 Å². The van der Waals surface area contributed by atoms with Crippen LogP contribution in [-0.2, 0) is 6.54 Å². The van der Waals surface area contributed by atoms with Crippen LogP contribution in [0.5, 0.6) is 0 Å². The highest BCUT2D eigenvalue weighted by molar-refractivity contribution is 6.30. The number of nitrogen functional groups attached to an aromatic ring is 1. The van der Waals surface area contributed by atoms with Crippen molar-refractivity contribution in [1.82, 2.24) is 9.78 Å². The molecule has 3 nitrogen and oxygen atoms in total. The molecule has 0 saturated carbocycles. The van der Waals surface area contributed by atoms with Gasteiger partial charge in [-0.3, -0.25) is 4.68 Å². The molecule has 2 aromatic carbocycles. The molecule has 5 heteroatoms. The molecular weight excluding hydrogens is 289 g/mol. The van der Waals surface area contributed by atoms with Crippen LogP contribution < -0.4 is 5.73 Å². The summed E-state index contributed by atoms with van der Waals surface area (Å²) in [6.45, 7) is 0.461. The lowest BCUT2D eigenvalue weighted by Gasteiger charge is -2.02. The standard InChI is InChI=1S/C16H13ClFN3/c17-13-5-2-4-12(8-13)16-15(19)10-21(20-16)9-11-3-1-6-14(18)7-11/h1-8,10H,9,19H2. The number of nitrogens with two attached hydrogens (primary N) is 1. The molecule has 0 aliphatic carbocycles. The van der Waals surface area contributed by atoms with Crippen molar-refractivity contribution in [1.29, 1.82) is 0 Å². The fraction of sp³-hybridized carbons (Fsp3) is 0.0625. The largest absolute Gasteiger partial charge is 0.396 e. The van der Waals surface area contributed by atoms with Crippen molar-refractivity contribution < 1.29 is 4.39 Å². The van der Waals surface area contributed by atoms with E-state index >= 15 is 0 Å². The minimum absolute atomic E-state index is 0.261. The van der Waals surface area contributed by atoms with Gasteiger partial charge >= 0.3 is 0 Å². The van der Waals surface area contributed by atoms with Crippen LogP contribution in [-0.4, -0.2) is 9.78 Å². The highest BCUT2D eigenvalue weighted by Gasteiger charge is 2.09. The molecule has 0 atom stereocenters. The zero-order valence-corrected chi connectivity index (χ0v) is 11.9. The van der Waals surface area contributed by atoms with Crippen LogP contribution >= 0.6 is 11.6 Å². The molecule has 0 amide bonds. The molecule has 3 rings (SSSR count). The summed E-state index contributed by atoms with van der Waals surface area (Å²) in [5.41, 5.74) is 8.93. The molecule has 1 heterocycles. The third-order valence-corrected chi connectivity index (χ3v) is 3.36. The molecule has 2 N–H and O–H groups in total. The first-order chi connectivity index (χ1) is 10.1. The molecule has 0 aliphatic rings. The first-order valence-corrected chi connectivity index (χ1v) is 6.83. The smallest absolute Gasteiger partial charge is 0.123 e. The van der Waals surface area contributed by atoms with Gasteiger partial charge in [-0.05, 0) is 29.8 Å². The Labute approximate surface area is 126 Å². The molecule has 21 heavy (non-hydrogen) atoms. The molecule has 106 valence electrons. The molecule has 3 aromatic rings. The van der Waals surface area contributed by atoms with Crippen molar-refractivity contribution in [3.05, 3.63) is 71.1 Å². The number of halogens is 2. The van der Waals surface area contributed by atoms with Crippen LogP contribution in [0.2, 0.25) is 5.02 Å². The zero-order valence-electron chi connectivity index (χ0n) is 11.1. The van der Waals surface area contributed by atoms with E-state index in [4.69, 9.17) is 17.3 Å². The Morgan fingerprint density at radius 2 is 1.95 bits per heavy atom. The van der Waals surface area contributed by atoms with Crippen LogP contribution in [0.25, 0.3) is 11.3 Å². The van der Waals surface area contributed by atoms with Crippen LogP contribution in [0.4, 0.5) is 10.1 Å². The third-order valence-electron chi connectivity index (χ3n) is 3.12. The molecule has 0 radical (unpaired) electrons.